The van der Waals surface area contributed by atoms with Crippen LogP contribution in [0.5, 0.6) is 0 Å². The molecule has 0 heterocycles. The predicted molar refractivity (Wildman–Crippen MR) is 240 cm³/mol. The second-order valence-electron chi connectivity index (χ2n) is 17.1. The highest BCUT2D eigenvalue weighted by atomic mass is 16.4. The van der Waals surface area contributed by atoms with Gasteiger partial charge in [0.2, 0.25) is 5.91 Å². The lowest BCUT2D eigenvalue weighted by atomic mass is 10.0. The summed E-state index contributed by atoms with van der Waals surface area (Å²) >= 11 is 0. The van der Waals surface area contributed by atoms with Crippen LogP contribution in [0.15, 0.2) is 0 Å². The molecule has 0 saturated carbocycles. The summed E-state index contributed by atoms with van der Waals surface area (Å²) in [6.07, 6.45) is 54.3. The van der Waals surface area contributed by atoms with Crippen molar-refractivity contribution in [2.24, 2.45) is 0 Å². The van der Waals surface area contributed by atoms with Gasteiger partial charge >= 0.3 is 5.97 Å². The standard InChI is InChI=1S/C27H56N2O.C22H44O2/c1-4-5-6-7-8-9-10-11-12-13-14-15-16-17-18-19-20-21-22-24-27(30)28-25-23-26-29(2)3;1-2-3-4-5-6-7-8-9-10-11-12-13-14-15-16-17-18-19-20-21-22(23)24/h4-26H2,1-3H3,(H,28,30);2-21H2,1H3,(H,23,24). The Bertz CT molecular complexity index is 713. The molecule has 0 aromatic rings. The van der Waals surface area contributed by atoms with Gasteiger partial charge in [0.15, 0.2) is 0 Å². The van der Waals surface area contributed by atoms with E-state index in [1.54, 1.807) is 0 Å². The summed E-state index contributed by atoms with van der Waals surface area (Å²) in [6.45, 7) is 6.43. The van der Waals surface area contributed by atoms with Crippen LogP contribution in [0.3, 0.4) is 0 Å². The molecular formula is C49H100N2O3. The molecule has 0 rings (SSSR count). The predicted octanol–water partition coefficient (Wildman–Crippen LogP) is 15.8. The zero-order valence-electron chi connectivity index (χ0n) is 37.6. The first-order valence-electron chi connectivity index (χ1n) is 24.6. The fourth-order valence-corrected chi connectivity index (χ4v) is 7.43. The molecule has 5 nitrogen and oxygen atoms in total. The van der Waals surface area contributed by atoms with Crippen molar-refractivity contribution in [3.8, 4) is 0 Å². The number of carboxylic acid groups (broad SMARTS) is 1. The van der Waals surface area contributed by atoms with E-state index in [4.69, 9.17) is 5.11 Å². The molecule has 54 heavy (non-hydrogen) atoms. The summed E-state index contributed by atoms with van der Waals surface area (Å²) in [5.74, 6) is -0.414. The maximum absolute atomic E-state index is 11.7. The summed E-state index contributed by atoms with van der Waals surface area (Å²) in [5.41, 5.74) is 0. The lowest BCUT2D eigenvalue weighted by Gasteiger charge is -2.09. The maximum Gasteiger partial charge on any atom is 0.303 e. The van der Waals surface area contributed by atoms with Crippen molar-refractivity contribution >= 4 is 11.9 Å². The van der Waals surface area contributed by atoms with Gasteiger partial charge in [-0.15, -0.1) is 0 Å². The molecule has 0 fully saturated rings. The van der Waals surface area contributed by atoms with Gasteiger partial charge in [-0.2, -0.15) is 0 Å². The van der Waals surface area contributed by atoms with Crippen LogP contribution in [-0.4, -0.2) is 49.1 Å². The average Bonchev–Trinajstić information content (AvgIpc) is 3.15. The summed E-state index contributed by atoms with van der Waals surface area (Å²) in [4.78, 5) is 24.3. The van der Waals surface area contributed by atoms with E-state index in [1.807, 2.05) is 0 Å². The van der Waals surface area contributed by atoms with E-state index in [1.165, 1.54) is 225 Å². The van der Waals surface area contributed by atoms with Gasteiger partial charge in [0.25, 0.3) is 0 Å². The molecule has 5 heteroatoms. The van der Waals surface area contributed by atoms with Gasteiger partial charge in [0, 0.05) is 19.4 Å². The van der Waals surface area contributed by atoms with E-state index in [0.717, 1.165) is 38.8 Å². The molecule has 0 aliphatic rings. The van der Waals surface area contributed by atoms with E-state index in [2.05, 4.69) is 38.2 Å². The van der Waals surface area contributed by atoms with Gasteiger partial charge in [-0.25, -0.2) is 0 Å². The Morgan fingerprint density at radius 1 is 0.370 bits per heavy atom. The minimum atomic E-state index is -0.651. The second-order valence-corrected chi connectivity index (χ2v) is 17.1. The number of nitrogens with one attached hydrogen (secondary N) is 1. The fraction of sp³-hybridized carbons (Fsp3) is 0.959. The van der Waals surface area contributed by atoms with Gasteiger partial charge in [-0.1, -0.05) is 245 Å². The number of amides is 1. The number of unbranched alkanes of at least 4 members (excludes halogenated alkanes) is 36. The van der Waals surface area contributed by atoms with Gasteiger partial charge in [-0.05, 0) is 39.9 Å². The molecule has 0 unspecified atom stereocenters. The second kappa shape index (κ2) is 49.9. The third kappa shape index (κ3) is 55.2. The van der Waals surface area contributed by atoms with Crippen molar-refractivity contribution in [1.29, 1.82) is 0 Å². The highest BCUT2D eigenvalue weighted by molar-refractivity contribution is 5.75. The third-order valence-electron chi connectivity index (χ3n) is 11.1. The SMILES string of the molecule is CCCCCCCCCCCCCCCCCCCCCC(=O)NCCCN(C)C.CCCCCCCCCCCCCCCCCCCCCC(=O)O. The normalized spacial score (nSPS) is 11.2. The van der Waals surface area contributed by atoms with Crippen LogP contribution in [0.25, 0.3) is 0 Å². The Morgan fingerprint density at radius 2 is 0.611 bits per heavy atom. The highest BCUT2D eigenvalue weighted by Crippen LogP contribution is 2.16. The highest BCUT2D eigenvalue weighted by Gasteiger charge is 2.02. The van der Waals surface area contributed by atoms with Crippen molar-refractivity contribution in [2.75, 3.05) is 27.2 Å². The first kappa shape index (κ1) is 55.0. The number of aliphatic carboxylic acids is 1. The summed E-state index contributed by atoms with van der Waals surface area (Å²) < 4.78 is 0. The smallest absolute Gasteiger partial charge is 0.303 e. The lowest BCUT2D eigenvalue weighted by Crippen LogP contribution is -2.26. The molecule has 0 spiro atoms. The first-order valence-corrected chi connectivity index (χ1v) is 24.6. The quantitative estimate of drug-likeness (QED) is 0.0606. The van der Waals surface area contributed by atoms with E-state index in [0.29, 0.717) is 12.8 Å². The van der Waals surface area contributed by atoms with Gasteiger partial charge in [-0.3, -0.25) is 9.59 Å². The van der Waals surface area contributed by atoms with Crippen LogP contribution in [0.4, 0.5) is 0 Å². The number of hydrogen-bond acceptors (Lipinski definition) is 3. The van der Waals surface area contributed by atoms with Crippen LogP contribution in [0, 0.1) is 0 Å². The Morgan fingerprint density at radius 3 is 0.852 bits per heavy atom. The maximum atomic E-state index is 11.7. The zero-order chi connectivity index (χ0) is 39.8. The first-order chi connectivity index (χ1) is 26.4. The molecule has 0 aromatic carbocycles. The molecule has 1 amide bonds. The Kier molecular flexibility index (Phi) is 50.8. The topological polar surface area (TPSA) is 69.6 Å². The molecule has 0 saturated heterocycles. The monoisotopic (exact) mass is 765 g/mol. The molecule has 0 aliphatic carbocycles. The zero-order valence-corrected chi connectivity index (χ0v) is 37.6. The van der Waals surface area contributed by atoms with Crippen molar-refractivity contribution in [3.63, 3.8) is 0 Å². The number of carbonyl (C=O) groups is 2. The average molecular weight is 765 g/mol. The minimum Gasteiger partial charge on any atom is -0.481 e. The van der Waals surface area contributed by atoms with E-state index >= 15 is 0 Å². The van der Waals surface area contributed by atoms with Crippen LogP contribution < -0.4 is 5.32 Å². The van der Waals surface area contributed by atoms with Crippen molar-refractivity contribution < 1.29 is 14.7 Å². The van der Waals surface area contributed by atoms with Crippen molar-refractivity contribution in [2.45, 2.75) is 277 Å². The molecule has 2 N–H and O–H groups in total. The van der Waals surface area contributed by atoms with E-state index in [-0.39, 0.29) is 5.91 Å². The van der Waals surface area contributed by atoms with E-state index < -0.39 is 5.97 Å². The molecule has 0 radical (unpaired) electrons. The van der Waals surface area contributed by atoms with Crippen LogP contribution >= 0.6 is 0 Å². The summed E-state index contributed by atoms with van der Waals surface area (Å²) in [7, 11) is 4.14. The van der Waals surface area contributed by atoms with Crippen molar-refractivity contribution in [1.82, 2.24) is 10.2 Å². The number of rotatable bonds is 44. The summed E-state index contributed by atoms with van der Waals surface area (Å²) in [6, 6.07) is 0. The minimum absolute atomic E-state index is 0.237. The Labute approximate surface area is 340 Å². The van der Waals surface area contributed by atoms with Crippen LogP contribution in [-0.2, 0) is 9.59 Å². The number of carbonyl (C=O) groups excluding carboxylic acids is 1. The van der Waals surface area contributed by atoms with Gasteiger partial charge < -0.3 is 15.3 Å². The third-order valence-corrected chi connectivity index (χ3v) is 11.1. The van der Waals surface area contributed by atoms with Crippen LogP contribution in [0.1, 0.15) is 277 Å². The molecular weight excluding hydrogens is 665 g/mol. The molecule has 0 aromatic heterocycles. The van der Waals surface area contributed by atoms with Crippen molar-refractivity contribution in [3.05, 3.63) is 0 Å². The molecule has 324 valence electrons. The Hall–Kier alpha value is -1.10. The number of nitrogens with zero attached hydrogens (tertiary/aromatic N) is 1. The Balaban J connectivity index is 0. The fourth-order valence-electron chi connectivity index (χ4n) is 7.43. The number of hydrogen-bond donors (Lipinski definition) is 2. The van der Waals surface area contributed by atoms with Crippen LogP contribution in [0.2, 0.25) is 0 Å². The van der Waals surface area contributed by atoms with Gasteiger partial charge in [0.05, 0.1) is 0 Å². The largest absolute Gasteiger partial charge is 0.481 e. The van der Waals surface area contributed by atoms with E-state index in [9.17, 15) is 9.59 Å². The van der Waals surface area contributed by atoms with Gasteiger partial charge in [0.1, 0.15) is 0 Å². The molecule has 0 bridgehead atoms. The molecule has 0 aliphatic heterocycles. The summed E-state index contributed by atoms with van der Waals surface area (Å²) in [5, 5.41) is 11.6. The number of carboxylic acids is 1. The lowest BCUT2D eigenvalue weighted by molar-refractivity contribution is -0.137. The molecule has 0 atom stereocenters.